The molecule has 0 spiro atoms. The van der Waals surface area contributed by atoms with Gasteiger partial charge in [0.15, 0.2) is 0 Å². The minimum absolute atomic E-state index is 0.149. The van der Waals surface area contributed by atoms with E-state index in [9.17, 15) is 14.7 Å². The number of anilines is 1. The molecule has 3 aromatic carbocycles. The third-order valence-electron chi connectivity index (χ3n) is 5.50. The van der Waals surface area contributed by atoms with Crippen LogP contribution in [0.3, 0.4) is 0 Å². The average Bonchev–Trinajstić information content (AvgIpc) is 2.86. The maximum absolute atomic E-state index is 12.3. The van der Waals surface area contributed by atoms with Crippen molar-refractivity contribution in [2.75, 3.05) is 18.2 Å². The summed E-state index contributed by atoms with van der Waals surface area (Å²) < 4.78 is 5.84. The summed E-state index contributed by atoms with van der Waals surface area (Å²) >= 11 is 1.36. The Labute approximate surface area is 205 Å². The van der Waals surface area contributed by atoms with Crippen LogP contribution in [0.1, 0.15) is 47.2 Å². The molecule has 34 heavy (non-hydrogen) atoms. The number of aryl methyl sites for hydroxylation is 2. The number of carboxylic acids is 1. The van der Waals surface area contributed by atoms with Gasteiger partial charge in [-0.1, -0.05) is 42.5 Å². The smallest absolute Gasteiger partial charge is 0.336 e. The number of unbranched alkanes of at least 4 members (excludes halogenated alkanes) is 2. The molecule has 0 aromatic heterocycles. The van der Waals surface area contributed by atoms with Gasteiger partial charge in [-0.25, -0.2) is 4.79 Å². The zero-order valence-electron chi connectivity index (χ0n) is 19.5. The van der Waals surface area contributed by atoms with Gasteiger partial charge in [-0.05, 0) is 79.8 Å². The van der Waals surface area contributed by atoms with E-state index in [0.29, 0.717) is 30.0 Å². The van der Waals surface area contributed by atoms with Crippen molar-refractivity contribution in [3.63, 3.8) is 0 Å². The second-order valence-electron chi connectivity index (χ2n) is 8.06. The molecule has 2 N–H and O–H groups in total. The van der Waals surface area contributed by atoms with E-state index < -0.39 is 5.97 Å². The van der Waals surface area contributed by atoms with Crippen LogP contribution in [0.25, 0.3) is 0 Å². The van der Waals surface area contributed by atoms with Crippen LogP contribution in [0, 0.1) is 0 Å². The quantitative estimate of drug-likeness (QED) is 0.218. The second kappa shape index (κ2) is 13.5. The summed E-state index contributed by atoms with van der Waals surface area (Å²) in [7, 11) is 0. The number of rotatable bonds is 13. The Hall–Kier alpha value is -3.25. The number of amides is 1. The molecule has 0 saturated heterocycles. The van der Waals surface area contributed by atoms with E-state index in [4.69, 9.17) is 4.74 Å². The first-order chi connectivity index (χ1) is 16.5. The minimum Gasteiger partial charge on any atom is -0.494 e. The Balaban J connectivity index is 1.35. The van der Waals surface area contributed by atoms with Crippen LogP contribution in [0.5, 0.6) is 5.75 Å². The molecule has 178 valence electrons. The van der Waals surface area contributed by atoms with Gasteiger partial charge in [-0.2, -0.15) is 0 Å². The highest BCUT2D eigenvalue weighted by molar-refractivity contribution is 7.98. The number of hydrogen-bond donors (Lipinski definition) is 2. The van der Waals surface area contributed by atoms with Crippen LogP contribution in [0.15, 0.2) is 77.7 Å². The van der Waals surface area contributed by atoms with Crippen molar-refractivity contribution in [2.24, 2.45) is 0 Å². The van der Waals surface area contributed by atoms with Gasteiger partial charge in [-0.3, -0.25) is 4.79 Å². The van der Waals surface area contributed by atoms with Crippen LogP contribution in [0.2, 0.25) is 0 Å². The van der Waals surface area contributed by atoms with E-state index in [2.05, 4.69) is 29.6 Å². The largest absolute Gasteiger partial charge is 0.494 e. The van der Waals surface area contributed by atoms with E-state index in [1.54, 1.807) is 12.1 Å². The maximum Gasteiger partial charge on any atom is 0.336 e. The number of nitrogens with one attached hydrogen (secondary N) is 1. The Bertz CT molecular complexity index is 1070. The standard InChI is InChI=1S/C28H31NO4S/c1-34-26-17-14-23(20-25(26)28(31)32)29-27(30)18-13-22-11-15-24(16-12-22)33-19-7-3-6-10-21-8-4-2-5-9-21/h2,4-5,8-9,11-12,14-17,20H,3,6-7,10,13,18-19H2,1H3,(H,29,30)(H,31,32). The van der Waals surface area contributed by atoms with Gasteiger partial charge in [0.25, 0.3) is 0 Å². The van der Waals surface area contributed by atoms with Crippen molar-refractivity contribution in [1.82, 2.24) is 0 Å². The van der Waals surface area contributed by atoms with Crippen molar-refractivity contribution in [3.05, 3.63) is 89.5 Å². The van der Waals surface area contributed by atoms with E-state index >= 15 is 0 Å². The third kappa shape index (κ3) is 8.27. The lowest BCUT2D eigenvalue weighted by Gasteiger charge is -2.09. The Kier molecular flexibility index (Phi) is 10.0. The van der Waals surface area contributed by atoms with Crippen molar-refractivity contribution in [3.8, 4) is 5.75 Å². The highest BCUT2D eigenvalue weighted by Gasteiger charge is 2.12. The highest BCUT2D eigenvalue weighted by atomic mass is 32.2. The molecule has 0 atom stereocenters. The molecule has 0 fully saturated rings. The molecule has 3 aromatic rings. The summed E-state index contributed by atoms with van der Waals surface area (Å²) in [6.07, 6.45) is 7.16. The number of hydrogen-bond acceptors (Lipinski definition) is 4. The van der Waals surface area contributed by atoms with Crippen LogP contribution in [-0.2, 0) is 17.6 Å². The zero-order chi connectivity index (χ0) is 24.2. The first-order valence-corrected chi connectivity index (χ1v) is 12.7. The normalized spacial score (nSPS) is 10.6. The molecule has 0 aliphatic heterocycles. The fourth-order valence-corrected chi connectivity index (χ4v) is 4.20. The van der Waals surface area contributed by atoms with Crippen molar-refractivity contribution in [2.45, 2.75) is 43.4 Å². The van der Waals surface area contributed by atoms with Crippen molar-refractivity contribution in [1.29, 1.82) is 0 Å². The third-order valence-corrected chi connectivity index (χ3v) is 6.29. The molecular formula is C28H31NO4S. The number of ether oxygens (including phenoxy) is 1. The molecule has 1 amide bonds. The van der Waals surface area contributed by atoms with E-state index in [1.807, 2.05) is 36.6 Å². The summed E-state index contributed by atoms with van der Waals surface area (Å²) in [5, 5.41) is 12.1. The van der Waals surface area contributed by atoms with Crippen LogP contribution in [-0.4, -0.2) is 29.8 Å². The number of aromatic carboxylic acids is 1. The van der Waals surface area contributed by atoms with Crippen LogP contribution < -0.4 is 10.1 Å². The number of benzene rings is 3. The lowest BCUT2D eigenvalue weighted by atomic mass is 10.1. The molecule has 5 nitrogen and oxygen atoms in total. The minimum atomic E-state index is -1.00. The molecule has 0 saturated carbocycles. The Morgan fingerprint density at radius 3 is 2.32 bits per heavy atom. The second-order valence-corrected chi connectivity index (χ2v) is 8.91. The predicted molar refractivity (Wildman–Crippen MR) is 138 cm³/mol. The first-order valence-electron chi connectivity index (χ1n) is 11.5. The summed E-state index contributed by atoms with van der Waals surface area (Å²) in [6.45, 7) is 0.699. The lowest BCUT2D eigenvalue weighted by molar-refractivity contribution is -0.116. The van der Waals surface area contributed by atoms with Crippen molar-refractivity contribution >= 4 is 29.3 Å². The molecule has 0 radical (unpaired) electrons. The molecule has 0 unspecified atom stereocenters. The zero-order valence-corrected chi connectivity index (χ0v) is 20.3. The fraction of sp³-hybridized carbons (Fsp3) is 0.286. The van der Waals surface area contributed by atoms with Gasteiger partial charge in [0.1, 0.15) is 5.75 Å². The molecular weight excluding hydrogens is 446 g/mol. The molecule has 3 rings (SSSR count). The molecule has 0 aliphatic carbocycles. The summed E-state index contributed by atoms with van der Waals surface area (Å²) in [5.74, 6) is -0.314. The van der Waals surface area contributed by atoms with Gasteiger partial charge >= 0.3 is 5.97 Å². The molecule has 6 heteroatoms. The molecule has 0 aliphatic rings. The topological polar surface area (TPSA) is 75.6 Å². The van der Waals surface area contributed by atoms with Crippen LogP contribution in [0.4, 0.5) is 5.69 Å². The molecule has 0 bridgehead atoms. The Morgan fingerprint density at radius 1 is 0.882 bits per heavy atom. The Morgan fingerprint density at radius 2 is 1.62 bits per heavy atom. The summed E-state index contributed by atoms with van der Waals surface area (Å²) in [5.41, 5.74) is 3.12. The first kappa shape index (κ1) is 25.4. The molecule has 0 heterocycles. The number of thioether (sulfide) groups is 1. The van der Waals surface area contributed by atoms with Crippen LogP contribution >= 0.6 is 11.8 Å². The van der Waals surface area contributed by atoms with Gasteiger partial charge < -0.3 is 15.2 Å². The van der Waals surface area contributed by atoms with Gasteiger partial charge in [0, 0.05) is 17.0 Å². The number of carboxylic acid groups (broad SMARTS) is 1. The maximum atomic E-state index is 12.3. The fourth-order valence-electron chi connectivity index (χ4n) is 3.63. The summed E-state index contributed by atoms with van der Waals surface area (Å²) in [4.78, 5) is 24.4. The van der Waals surface area contributed by atoms with E-state index in [-0.39, 0.29) is 11.5 Å². The average molecular weight is 478 g/mol. The number of carbonyl (C=O) groups is 2. The van der Waals surface area contributed by atoms with Crippen molar-refractivity contribution < 1.29 is 19.4 Å². The van der Waals surface area contributed by atoms with Gasteiger partial charge in [0.2, 0.25) is 5.91 Å². The summed E-state index contributed by atoms with van der Waals surface area (Å²) in [6, 6.07) is 23.3. The monoisotopic (exact) mass is 477 g/mol. The lowest BCUT2D eigenvalue weighted by Crippen LogP contribution is -2.13. The van der Waals surface area contributed by atoms with Gasteiger partial charge in [0.05, 0.1) is 12.2 Å². The van der Waals surface area contributed by atoms with E-state index in [0.717, 1.165) is 37.0 Å². The van der Waals surface area contributed by atoms with Gasteiger partial charge in [-0.15, -0.1) is 11.8 Å². The SMILES string of the molecule is CSc1ccc(NC(=O)CCc2ccc(OCCCCCc3ccccc3)cc2)cc1C(=O)O. The van der Waals surface area contributed by atoms with E-state index in [1.165, 1.54) is 23.4 Å². The predicted octanol–water partition coefficient (Wildman–Crippen LogP) is 6.47. The number of carbonyl (C=O) groups excluding carboxylic acids is 1. The highest BCUT2D eigenvalue weighted by Crippen LogP contribution is 2.24.